The van der Waals surface area contributed by atoms with Crippen LogP contribution in [0, 0.1) is 6.92 Å². The number of aryl methyl sites for hydroxylation is 1. The molecule has 0 bridgehead atoms. The molecule has 0 aromatic carbocycles. The van der Waals surface area contributed by atoms with Crippen LogP contribution < -0.4 is 5.73 Å². The van der Waals surface area contributed by atoms with Crippen molar-refractivity contribution < 1.29 is 9.53 Å². The SMILES string of the molecule is Cc1nc(N)cnc1C(=O)OC(C)(C)C. The summed E-state index contributed by atoms with van der Waals surface area (Å²) in [6, 6.07) is 0. The van der Waals surface area contributed by atoms with Crippen molar-refractivity contribution in [3.8, 4) is 0 Å². The van der Waals surface area contributed by atoms with E-state index >= 15 is 0 Å². The van der Waals surface area contributed by atoms with Crippen LogP contribution in [0.5, 0.6) is 0 Å². The van der Waals surface area contributed by atoms with Crippen LogP contribution in [0.1, 0.15) is 37.0 Å². The van der Waals surface area contributed by atoms with Crippen LogP contribution in [-0.2, 0) is 4.74 Å². The maximum Gasteiger partial charge on any atom is 0.359 e. The highest BCUT2D eigenvalue weighted by Gasteiger charge is 2.20. The van der Waals surface area contributed by atoms with Crippen molar-refractivity contribution in [3.05, 3.63) is 17.6 Å². The van der Waals surface area contributed by atoms with Gasteiger partial charge in [0, 0.05) is 0 Å². The van der Waals surface area contributed by atoms with Gasteiger partial charge >= 0.3 is 5.97 Å². The summed E-state index contributed by atoms with van der Waals surface area (Å²) in [5, 5.41) is 0. The number of hydrogen-bond donors (Lipinski definition) is 1. The summed E-state index contributed by atoms with van der Waals surface area (Å²) >= 11 is 0. The molecule has 0 saturated carbocycles. The number of nitrogens with two attached hydrogens (primary N) is 1. The van der Waals surface area contributed by atoms with Gasteiger partial charge in [-0.3, -0.25) is 0 Å². The Morgan fingerprint density at radius 3 is 2.53 bits per heavy atom. The van der Waals surface area contributed by atoms with Crippen molar-refractivity contribution >= 4 is 11.8 Å². The summed E-state index contributed by atoms with van der Waals surface area (Å²) in [4.78, 5) is 19.5. The molecule has 1 heterocycles. The second kappa shape index (κ2) is 3.84. The van der Waals surface area contributed by atoms with E-state index in [2.05, 4.69) is 9.97 Å². The predicted molar refractivity (Wildman–Crippen MR) is 56.3 cm³/mol. The van der Waals surface area contributed by atoms with Gasteiger partial charge < -0.3 is 10.5 Å². The van der Waals surface area contributed by atoms with E-state index in [9.17, 15) is 4.79 Å². The predicted octanol–water partition coefficient (Wildman–Crippen LogP) is 1.32. The van der Waals surface area contributed by atoms with E-state index < -0.39 is 11.6 Å². The normalized spacial score (nSPS) is 11.2. The summed E-state index contributed by atoms with van der Waals surface area (Å²) in [5.41, 5.74) is 5.58. The van der Waals surface area contributed by atoms with Gasteiger partial charge in [-0.15, -0.1) is 0 Å². The Labute approximate surface area is 88.7 Å². The van der Waals surface area contributed by atoms with Crippen molar-refractivity contribution in [2.24, 2.45) is 0 Å². The smallest absolute Gasteiger partial charge is 0.359 e. The molecule has 1 aromatic rings. The molecule has 0 unspecified atom stereocenters. The summed E-state index contributed by atoms with van der Waals surface area (Å²) < 4.78 is 5.16. The molecule has 0 aliphatic rings. The number of esters is 1. The number of aromatic nitrogens is 2. The first-order chi connectivity index (χ1) is 6.79. The van der Waals surface area contributed by atoms with Crippen LogP contribution in [-0.4, -0.2) is 21.5 Å². The Kier molecular flexibility index (Phi) is 2.93. The number of hydrogen-bond acceptors (Lipinski definition) is 5. The Hall–Kier alpha value is -1.65. The van der Waals surface area contributed by atoms with E-state index in [4.69, 9.17) is 10.5 Å². The molecule has 0 amide bonds. The van der Waals surface area contributed by atoms with Crippen molar-refractivity contribution in [1.82, 2.24) is 9.97 Å². The average molecular weight is 209 g/mol. The monoisotopic (exact) mass is 209 g/mol. The van der Waals surface area contributed by atoms with Crippen molar-refractivity contribution in [3.63, 3.8) is 0 Å². The highest BCUT2D eigenvalue weighted by atomic mass is 16.6. The van der Waals surface area contributed by atoms with E-state index in [0.717, 1.165) is 0 Å². The van der Waals surface area contributed by atoms with Crippen LogP contribution in [0.25, 0.3) is 0 Å². The molecule has 0 atom stereocenters. The number of nitrogen functional groups attached to an aromatic ring is 1. The topological polar surface area (TPSA) is 78.1 Å². The first kappa shape index (κ1) is 11.4. The van der Waals surface area contributed by atoms with Gasteiger partial charge in [0.15, 0.2) is 5.69 Å². The van der Waals surface area contributed by atoms with E-state index in [1.807, 2.05) is 0 Å². The van der Waals surface area contributed by atoms with E-state index in [1.54, 1.807) is 27.7 Å². The van der Waals surface area contributed by atoms with Crippen molar-refractivity contribution in [2.75, 3.05) is 5.73 Å². The van der Waals surface area contributed by atoms with Gasteiger partial charge in [0.05, 0.1) is 11.9 Å². The van der Waals surface area contributed by atoms with Gasteiger partial charge in [-0.2, -0.15) is 0 Å². The van der Waals surface area contributed by atoms with Gasteiger partial charge in [-0.05, 0) is 27.7 Å². The fraction of sp³-hybridized carbons (Fsp3) is 0.500. The minimum atomic E-state index is -0.535. The molecule has 0 aliphatic carbocycles. The Balaban J connectivity index is 2.92. The minimum absolute atomic E-state index is 0.208. The molecule has 2 N–H and O–H groups in total. The molecular weight excluding hydrogens is 194 g/mol. The lowest BCUT2D eigenvalue weighted by Crippen LogP contribution is -2.25. The Bertz CT molecular complexity index is 383. The molecule has 0 spiro atoms. The molecule has 1 rings (SSSR count). The molecule has 0 aliphatic heterocycles. The van der Waals surface area contributed by atoms with Crippen LogP contribution >= 0.6 is 0 Å². The lowest BCUT2D eigenvalue weighted by atomic mass is 10.2. The summed E-state index contributed by atoms with van der Waals surface area (Å²) in [7, 11) is 0. The number of anilines is 1. The second-order valence-corrected chi connectivity index (χ2v) is 4.23. The van der Waals surface area contributed by atoms with Crippen molar-refractivity contribution in [1.29, 1.82) is 0 Å². The van der Waals surface area contributed by atoms with Gasteiger partial charge in [-0.1, -0.05) is 0 Å². The molecule has 0 fully saturated rings. The van der Waals surface area contributed by atoms with Gasteiger partial charge in [-0.25, -0.2) is 14.8 Å². The molecule has 0 radical (unpaired) electrons. The zero-order valence-electron chi connectivity index (χ0n) is 9.37. The molecule has 5 heteroatoms. The molecule has 82 valence electrons. The number of carbonyl (C=O) groups excluding carboxylic acids is 1. The first-order valence-electron chi connectivity index (χ1n) is 4.62. The standard InChI is InChI=1S/C10H15N3O2/c1-6-8(12-5-7(11)13-6)9(14)15-10(2,3)4/h5H,1-4H3,(H2,11,13). The summed E-state index contributed by atoms with van der Waals surface area (Å²) in [6.45, 7) is 7.06. The maximum absolute atomic E-state index is 11.6. The quantitative estimate of drug-likeness (QED) is 0.706. The van der Waals surface area contributed by atoms with Gasteiger partial charge in [0.25, 0.3) is 0 Å². The van der Waals surface area contributed by atoms with E-state index in [1.165, 1.54) is 6.20 Å². The number of rotatable bonds is 1. The highest BCUT2D eigenvalue weighted by Crippen LogP contribution is 2.12. The van der Waals surface area contributed by atoms with E-state index in [-0.39, 0.29) is 5.69 Å². The fourth-order valence-corrected chi connectivity index (χ4v) is 1.03. The molecule has 0 saturated heterocycles. The van der Waals surface area contributed by atoms with Crippen LogP contribution in [0.3, 0.4) is 0 Å². The lowest BCUT2D eigenvalue weighted by molar-refractivity contribution is 0.00615. The average Bonchev–Trinajstić information content (AvgIpc) is 1.99. The first-order valence-corrected chi connectivity index (χ1v) is 4.62. The Morgan fingerprint density at radius 1 is 1.47 bits per heavy atom. The summed E-state index contributed by atoms with van der Waals surface area (Å²) in [6.07, 6.45) is 1.34. The summed E-state index contributed by atoms with van der Waals surface area (Å²) in [5.74, 6) is -0.188. The zero-order chi connectivity index (χ0) is 11.6. The van der Waals surface area contributed by atoms with Crippen LogP contribution in [0.15, 0.2) is 6.20 Å². The number of ether oxygens (including phenoxy) is 1. The van der Waals surface area contributed by atoms with Crippen molar-refractivity contribution in [2.45, 2.75) is 33.3 Å². The third-order valence-electron chi connectivity index (χ3n) is 1.56. The number of carbonyl (C=O) groups is 1. The molecule has 5 nitrogen and oxygen atoms in total. The minimum Gasteiger partial charge on any atom is -0.455 e. The molecular formula is C10H15N3O2. The maximum atomic E-state index is 11.6. The van der Waals surface area contributed by atoms with Crippen LogP contribution in [0.4, 0.5) is 5.82 Å². The largest absolute Gasteiger partial charge is 0.455 e. The number of nitrogens with zero attached hydrogens (tertiary/aromatic N) is 2. The second-order valence-electron chi connectivity index (χ2n) is 4.23. The lowest BCUT2D eigenvalue weighted by Gasteiger charge is -2.19. The van der Waals surface area contributed by atoms with Gasteiger partial charge in [0.1, 0.15) is 11.4 Å². The molecule has 15 heavy (non-hydrogen) atoms. The third kappa shape index (κ3) is 3.19. The van der Waals surface area contributed by atoms with Gasteiger partial charge in [0.2, 0.25) is 0 Å². The zero-order valence-corrected chi connectivity index (χ0v) is 9.37. The fourth-order valence-electron chi connectivity index (χ4n) is 1.03. The van der Waals surface area contributed by atoms with Crippen LogP contribution in [0.2, 0.25) is 0 Å². The molecule has 1 aromatic heterocycles. The highest BCUT2D eigenvalue weighted by molar-refractivity contribution is 5.88. The Morgan fingerprint density at radius 2 is 2.07 bits per heavy atom. The van der Waals surface area contributed by atoms with E-state index in [0.29, 0.717) is 11.5 Å². The third-order valence-corrected chi connectivity index (χ3v) is 1.56.